The Kier molecular flexibility index (Phi) is 5.24. The molecular formula is C21H27NO3S. The molecule has 3 atom stereocenters. The van der Waals surface area contributed by atoms with Crippen molar-refractivity contribution < 1.29 is 13.2 Å². The van der Waals surface area contributed by atoms with Gasteiger partial charge in [-0.2, -0.15) is 0 Å². The maximum atomic E-state index is 13.4. The van der Waals surface area contributed by atoms with Crippen LogP contribution in [0.1, 0.15) is 29.5 Å². The fourth-order valence-corrected chi connectivity index (χ4v) is 6.31. The van der Waals surface area contributed by atoms with E-state index in [0.29, 0.717) is 18.1 Å². The van der Waals surface area contributed by atoms with Crippen LogP contribution in [-0.4, -0.2) is 33.4 Å². The molecule has 5 heteroatoms. The molecule has 0 unspecified atom stereocenters. The summed E-state index contributed by atoms with van der Waals surface area (Å²) in [6, 6.07) is 15.1. The van der Waals surface area contributed by atoms with Gasteiger partial charge in [0.1, 0.15) is 0 Å². The maximum absolute atomic E-state index is 13.4. The Morgan fingerprint density at radius 2 is 1.54 bits per heavy atom. The van der Waals surface area contributed by atoms with E-state index in [0.717, 1.165) is 16.7 Å². The third kappa shape index (κ3) is 3.20. The van der Waals surface area contributed by atoms with E-state index < -0.39 is 20.5 Å². The van der Waals surface area contributed by atoms with Gasteiger partial charge < -0.3 is 10.5 Å². The topological polar surface area (TPSA) is 69.4 Å². The van der Waals surface area contributed by atoms with E-state index in [1.807, 2.05) is 57.2 Å². The quantitative estimate of drug-likeness (QED) is 0.809. The van der Waals surface area contributed by atoms with Crippen molar-refractivity contribution >= 4 is 9.84 Å². The molecule has 0 saturated heterocycles. The summed E-state index contributed by atoms with van der Waals surface area (Å²) in [5.41, 5.74) is 8.74. The molecule has 0 heterocycles. The predicted molar refractivity (Wildman–Crippen MR) is 104 cm³/mol. The Morgan fingerprint density at radius 3 is 2.04 bits per heavy atom. The molecule has 26 heavy (non-hydrogen) atoms. The lowest BCUT2D eigenvalue weighted by Gasteiger charge is -2.16. The van der Waals surface area contributed by atoms with E-state index >= 15 is 0 Å². The van der Waals surface area contributed by atoms with E-state index in [9.17, 15) is 8.42 Å². The van der Waals surface area contributed by atoms with Crippen molar-refractivity contribution in [2.24, 2.45) is 11.1 Å². The van der Waals surface area contributed by atoms with Crippen LogP contribution < -0.4 is 5.73 Å². The fraction of sp³-hybridized carbons (Fsp3) is 0.429. The van der Waals surface area contributed by atoms with Gasteiger partial charge >= 0.3 is 0 Å². The molecule has 4 nitrogen and oxygen atoms in total. The lowest BCUT2D eigenvalue weighted by molar-refractivity contribution is 0.101. The Balaban J connectivity index is 2.03. The minimum Gasteiger partial charge on any atom is -0.381 e. The van der Waals surface area contributed by atoms with Crippen molar-refractivity contribution in [1.82, 2.24) is 0 Å². The SMILES string of the molecule is CCOC[C@@]1(CN)[C@H](c2ccc(C)cc2)[C@@H]1S(=O)(=O)c1ccc(C)cc1. The molecular weight excluding hydrogens is 346 g/mol. The molecule has 3 rings (SSSR count). The van der Waals surface area contributed by atoms with Crippen molar-refractivity contribution in [3.05, 3.63) is 65.2 Å². The minimum absolute atomic E-state index is 0.147. The summed E-state index contributed by atoms with van der Waals surface area (Å²) in [4.78, 5) is 0.358. The van der Waals surface area contributed by atoms with Gasteiger partial charge in [-0.25, -0.2) is 8.42 Å². The highest BCUT2D eigenvalue weighted by Gasteiger charge is 2.70. The first-order valence-electron chi connectivity index (χ1n) is 9.02. The third-order valence-corrected chi connectivity index (χ3v) is 7.79. The van der Waals surface area contributed by atoms with E-state index in [1.165, 1.54) is 0 Å². The highest BCUT2D eigenvalue weighted by atomic mass is 32.2. The van der Waals surface area contributed by atoms with Crippen LogP contribution in [-0.2, 0) is 14.6 Å². The van der Waals surface area contributed by atoms with Crippen LogP contribution in [0.4, 0.5) is 0 Å². The molecule has 0 aromatic heterocycles. The maximum Gasteiger partial charge on any atom is 0.182 e. The van der Waals surface area contributed by atoms with Gasteiger partial charge in [0, 0.05) is 24.5 Å². The van der Waals surface area contributed by atoms with Gasteiger partial charge in [0.05, 0.1) is 16.8 Å². The number of benzene rings is 2. The first-order valence-corrected chi connectivity index (χ1v) is 10.6. The number of nitrogens with two attached hydrogens (primary N) is 1. The summed E-state index contributed by atoms with van der Waals surface area (Å²) in [6.45, 7) is 7.06. The predicted octanol–water partition coefficient (Wildman–Crippen LogP) is 3.22. The zero-order valence-electron chi connectivity index (χ0n) is 15.6. The van der Waals surface area contributed by atoms with Crippen LogP contribution >= 0.6 is 0 Å². The summed E-state index contributed by atoms with van der Waals surface area (Å²) in [5, 5.41) is -0.558. The van der Waals surface area contributed by atoms with Crippen LogP contribution in [0.5, 0.6) is 0 Å². The highest BCUT2D eigenvalue weighted by Crippen LogP contribution is 2.63. The second-order valence-electron chi connectivity index (χ2n) is 7.24. The first-order chi connectivity index (χ1) is 12.4. The molecule has 1 fully saturated rings. The molecule has 1 aliphatic carbocycles. The molecule has 2 aromatic carbocycles. The van der Waals surface area contributed by atoms with Gasteiger partial charge in [0.2, 0.25) is 0 Å². The number of hydrogen-bond acceptors (Lipinski definition) is 4. The highest BCUT2D eigenvalue weighted by molar-refractivity contribution is 7.92. The average Bonchev–Trinajstić information content (AvgIpc) is 3.31. The van der Waals surface area contributed by atoms with E-state index in [2.05, 4.69) is 0 Å². The minimum atomic E-state index is -3.50. The van der Waals surface area contributed by atoms with Gasteiger partial charge in [-0.1, -0.05) is 47.5 Å². The summed E-state index contributed by atoms with van der Waals surface area (Å²) in [7, 11) is -3.50. The van der Waals surface area contributed by atoms with Crippen molar-refractivity contribution in [2.75, 3.05) is 19.8 Å². The molecule has 2 N–H and O–H groups in total. The molecule has 0 radical (unpaired) electrons. The van der Waals surface area contributed by atoms with Gasteiger partial charge in [-0.05, 0) is 38.5 Å². The van der Waals surface area contributed by atoms with Crippen LogP contribution in [0.2, 0.25) is 0 Å². The van der Waals surface area contributed by atoms with Crippen molar-refractivity contribution in [3.8, 4) is 0 Å². The van der Waals surface area contributed by atoms with Crippen LogP contribution in [0.25, 0.3) is 0 Å². The van der Waals surface area contributed by atoms with Gasteiger partial charge in [0.15, 0.2) is 9.84 Å². The molecule has 0 bridgehead atoms. The van der Waals surface area contributed by atoms with Crippen molar-refractivity contribution in [1.29, 1.82) is 0 Å². The van der Waals surface area contributed by atoms with Gasteiger partial charge in [-0.3, -0.25) is 0 Å². The lowest BCUT2D eigenvalue weighted by atomic mass is 9.99. The number of hydrogen-bond donors (Lipinski definition) is 1. The molecule has 1 aliphatic rings. The Morgan fingerprint density at radius 1 is 1.00 bits per heavy atom. The number of sulfone groups is 1. The fourth-order valence-electron chi connectivity index (χ4n) is 3.86. The standard InChI is InChI=1S/C21H27NO3S/c1-4-25-14-21(13-22)19(17-9-5-15(2)6-10-17)20(21)26(23,24)18-11-7-16(3)8-12-18/h5-12,19-20H,4,13-14,22H2,1-3H3/t19-,20+,21+/m1/s1. The average molecular weight is 374 g/mol. The smallest absolute Gasteiger partial charge is 0.182 e. The Labute approximate surface area is 156 Å². The molecule has 1 saturated carbocycles. The van der Waals surface area contributed by atoms with Gasteiger partial charge in [0.25, 0.3) is 0 Å². The summed E-state index contributed by atoms with van der Waals surface area (Å²) in [6.07, 6.45) is 0. The van der Waals surface area contributed by atoms with E-state index in [4.69, 9.17) is 10.5 Å². The Hall–Kier alpha value is -1.69. The van der Waals surface area contributed by atoms with Crippen molar-refractivity contribution in [2.45, 2.75) is 36.8 Å². The zero-order valence-corrected chi connectivity index (χ0v) is 16.4. The van der Waals surface area contributed by atoms with Crippen molar-refractivity contribution in [3.63, 3.8) is 0 Å². The van der Waals surface area contributed by atoms with Gasteiger partial charge in [-0.15, -0.1) is 0 Å². The second kappa shape index (κ2) is 7.14. The second-order valence-corrected chi connectivity index (χ2v) is 9.31. The first kappa shape index (κ1) is 19.1. The lowest BCUT2D eigenvalue weighted by Crippen LogP contribution is -2.29. The van der Waals surface area contributed by atoms with E-state index in [1.54, 1.807) is 12.1 Å². The number of aryl methyl sites for hydroxylation is 2. The van der Waals surface area contributed by atoms with Crippen LogP contribution in [0.15, 0.2) is 53.4 Å². The molecule has 140 valence electrons. The number of ether oxygens (including phenoxy) is 1. The van der Waals surface area contributed by atoms with E-state index in [-0.39, 0.29) is 12.5 Å². The summed E-state index contributed by atoms with van der Waals surface area (Å²) < 4.78 is 32.4. The van der Waals surface area contributed by atoms with Crippen LogP contribution in [0.3, 0.4) is 0 Å². The summed E-state index contributed by atoms with van der Waals surface area (Å²) in [5.74, 6) is -0.147. The normalized spacial score (nSPS) is 25.2. The number of rotatable bonds is 7. The molecule has 0 amide bonds. The largest absolute Gasteiger partial charge is 0.381 e. The monoisotopic (exact) mass is 373 g/mol. The molecule has 2 aromatic rings. The zero-order chi connectivity index (χ0) is 18.9. The third-order valence-electron chi connectivity index (χ3n) is 5.45. The van der Waals surface area contributed by atoms with Crippen LogP contribution in [0, 0.1) is 19.3 Å². The summed E-state index contributed by atoms with van der Waals surface area (Å²) >= 11 is 0. The Bertz CT molecular complexity index is 859. The molecule has 0 aliphatic heterocycles. The molecule has 0 spiro atoms.